The van der Waals surface area contributed by atoms with Crippen LogP contribution in [0.1, 0.15) is 13.8 Å². The Balaban J connectivity index is 3.19. The molecule has 0 radical (unpaired) electrons. The van der Waals surface area contributed by atoms with Gasteiger partial charge < -0.3 is 10.2 Å². The van der Waals surface area contributed by atoms with Gasteiger partial charge in [-0.25, -0.2) is 0 Å². The van der Waals surface area contributed by atoms with E-state index in [1.807, 2.05) is 0 Å². The Morgan fingerprint density at radius 2 is 1.69 bits per heavy atom. The van der Waals surface area contributed by atoms with Crippen molar-refractivity contribution in [2.75, 3.05) is 0 Å². The van der Waals surface area contributed by atoms with Crippen molar-refractivity contribution in [2.24, 2.45) is 16.7 Å². The first-order chi connectivity index (χ1) is 5.83. The average molecular weight is 184 g/mol. The zero-order valence-electron chi connectivity index (χ0n) is 7.57. The Labute approximate surface area is 75.9 Å². The molecule has 0 heterocycles. The first-order valence-corrected chi connectivity index (χ1v) is 3.92. The van der Waals surface area contributed by atoms with Gasteiger partial charge in [-0.2, -0.15) is 0 Å². The molecule has 4 nitrogen and oxygen atoms in total. The lowest BCUT2D eigenvalue weighted by atomic mass is 9.96. The van der Waals surface area contributed by atoms with E-state index in [4.69, 9.17) is 10.2 Å². The predicted octanol–water partition coefficient (Wildman–Crippen LogP) is 0.984. The van der Waals surface area contributed by atoms with Gasteiger partial charge in [-0.15, -0.1) is 6.58 Å². The largest absolute Gasteiger partial charge is 0.480 e. The summed E-state index contributed by atoms with van der Waals surface area (Å²) in [7, 11) is 0. The molecule has 0 saturated heterocycles. The summed E-state index contributed by atoms with van der Waals surface area (Å²) < 4.78 is 0. The zero-order valence-corrected chi connectivity index (χ0v) is 7.57. The lowest BCUT2D eigenvalue weighted by molar-refractivity contribution is -0.159. The van der Waals surface area contributed by atoms with E-state index in [1.165, 1.54) is 6.08 Å². The molecule has 0 spiro atoms. The molecule has 72 valence electrons. The normalized spacial score (nSPS) is 27.7. The Kier molecular flexibility index (Phi) is 1.76. The van der Waals surface area contributed by atoms with Crippen molar-refractivity contribution < 1.29 is 19.8 Å². The summed E-state index contributed by atoms with van der Waals surface area (Å²) in [6, 6.07) is 0. The fraction of sp³-hybridized carbons (Fsp3) is 0.556. The summed E-state index contributed by atoms with van der Waals surface area (Å²) in [5.74, 6) is -3.06. The van der Waals surface area contributed by atoms with Crippen LogP contribution in [0.25, 0.3) is 0 Å². The maximum atomic E-state index is 10.9. The maximum Gasteiger partial charge on any atom is 0.322 e. The number of hydrogen-bond donors (Lipinski definition) is 2. The number of carboxylic acids is 2. The van der Waals surface area contributed by atoms with Gasteiger partial charge in [0.2, 0.25) is 0 Å². The smallest absolute Gasteiger partial charge is 0.322 e. The second-order valence-electron chi connectivity index (χ2n) is 3.85. The van der Waals surface area contributed by atoms with Gasteiger partial charge in [0.1, 0.15) is 0 Å². The van der Waals surface area contributed by atoms with E-state index >= 15 is 0 Å². The second-order valence-corrected chi connectivity index (χ2v) is 3.85. The maximum absolute atomic E-state index is 10.9. The van der Waals surface area contributed by atoms with E-state index in [0.717, 1.165) is 0 Å². The third kappa shape index (κ3) is 0.802. The third-order valence-corrected chi connectivity index (χ3v) is 3.09. The van der Waals surface area contributed by atoms with Gasteiger partial charge in [-0.1, -0.05) is 19.9 Å². The van der Waals surface area contributed by atoms with E-state index in [9.17, 15) is 9.59 Å². The standard InChI is InChI=1S/C9H12O4/c1-4-5-8(2,3)9(5,6(10)11)7(12)13/h4-5H,1H2,2-3H3,(H,10,11)(H,12,13). The first kappa shape index (κ1) is 9.77. The summed E-state index contributed by atoms with van der Waals surface area (Å²) in [6.45, 7) is 6.70. The molecule has 0 bridgehead atoms. The highest BCUT2D eigenvalue weighted by molar-refractivity contribution is 6.04. The van der Waals surface area contributed by atoms with Crippen LogP contribution in [-0.2, 0) is 9.59 Å². The molecule has 1 saturated carbocycles. The molecule has 1 atom stereocenters. The topological polar surface area (TPSA) is 74.6 Å². The van der Waals surface area contributed by atoms with E-state index in [1.54, 1.807) is 13.8 Å². The minimum absolute atomic E-state index is 0.491. The summed E-state index contributed by atoms with van der Waals surface area (Å²) in [5, 5.41) is 17.8. The summed E-state index contributed by atoms with van der Waals surface area (Å²) in [5.41, 5.74) is -2.42. The number of aliphatic carboxylic acids is 2. The van der Waals surface area contributed by atoms with E-state index < -0.39 is 28.7 Å². The highest BCUT2D eigenvalue weighted by Crippen LogP contribution is 2.69. The summed E-state index contributed by atoms with van der Waals surface area (Å²) in [4.78, 5) is 21.8. The molecule has 2 N–H and O–H groups in total. The van der Waals surface area contributed by atoms with Crippen LogP contribution in [0.4, 0.5) is 0 Å². The number of carbonyl (C=O) groups is 2. The molecule has 0 amide bonds. The van der Waals surface area contributed by atoms with Crippen LogP contribution in [0.3, 0.4) is 0 Å². The molecule has 0 aromatic rings. The molecule has 1 unspecified atom stereocenters. The van der Waals surface area contributed by atoms with Crippen molar-refractivity contribution in [3.05, 3.63) is 12.7 Å². The number of allylic oxidation sites excluding steroid dienone is 1. The molecule has 1 rings (SSSR count). The quantitative estimate of drug-likeness (QED) is 0.506. The molecule has 13 heavy (non-hydrogen) atoms. The summed E-state index contributed by atoms with van der Waals surface area (Å²) >= 11 is 0. The predicted molar refractivity (Wildman–Crippen MR) is 45.2 cm³/mol. The minimum Gasteiger partial charge on any atom is -0.480 e. The van der Waals surface area contributed by atoms with Gasteiger partial charge >= 0.3 is 11.9 Å². The summed E-state index contributed by atoms with van der Waals surface area (Å²) in [6.07, 6.45) is 1.40. The van der Waals surface area contributed by atoms with Gasteiger partial charge in [0.05, 0.1) is 0 Å². The molecule has 0 aliphatic heterocycles. The Bertz CT molecular complexity index is 276. The van der Waals surface area contributed by atoms with Gasteiger partial charge in [0.15, 0.2) is 5.41 Å². The minimum atomic E-state index is -1.67. The van der Waals surface area contributed by atoms with Gasteiger partial charge in [-0.05, 0) is 0 Å². The highest BCUT2D eigenvalue weighted by atomic mass is 16.4. The van der Waals surface area contributed by atoms with Crippen LogP contribution in [0.15, 0.2) is 12.7 Å². The molecule has 1 aliphatic carbocycles. The van der Waals surface area contributed by atoms with Crippen molar-refractivity contribution in [1.29, 1.82) is 0 Å². The molecular weight excluding hydrogens is 172 g/mol. The van der Waals surface area contributed by atoms with Crippen LogP contribution >= 0.6 is 0 Å². The number of hydrogen-bond acceptors (Lipinski definition) is 2. The van der Waals surface area contributed by atoms with Crippen LogP contribution in [-0.4, -0.2) is 22.2 Å². The molecule has 0 aromatic heterocycles. The lowest BCUT2D eigenvalue weighted by Crippen LogP contribution is -2.30. The lowest BCUT2D eigenvalue weighted by Gasteiger charge is -2.08. The average Bonchev–Trinajstić information content (AvgIpc) is 2.47. The van der Waals surface area contributed by atoms with Gasteiger partial charge in [-0.3, -0.25) is 9.59 Å². The van der Waals surface area contributed by atoms with Crippen LogP contribution in [0.2, 0.25) is 0 Å². The number of rotatable bonds is 3. The fourth-order valence-corrected chi connectivity index (χ4v) is 2.18. The molecule has 1 fully saturated rings. The van der Waals surface area contributed by atoms with Crippen LogP contribution < -0.4 is 0 Å². The molecule has 1 aliphatic rings. The first-order valence-electron chi connectivity index (χ1n) is 3.92. The molecular formula is C9H12O4. The fourth-order valence-electron chi connectivity index (χ4n) is 2.18. The zero-order chi connectivity index (χ0) is 10.4. The van der Waals surface area contributed by atoms with E-state index in [0.29, 0.717) is 0 Å². The van der Waals surface area contributed by atoms with E-state index in [-0.39, 0.29) is 0 Å². The Hall–Kier alpha value is -1.32. The van der Waals surface area contributed by atoms with Crippen LogP contribution in [0.5, 0.6) is 0 Å². The van der Waals surface area contributed by atoms with Crippen molar-refractivity contribution in [3.8, 4) is 0 Å². The monoisotopic (exact) mass is 184 g/mol. The molecule has 0 aromatic carbocycles. The van der Waals surface area contributed by atoms with Crippen molar-refractivity contribution in [1.82, 2.24) is 0 Å². The second kappa shape index (κ2) is 2.34. The van der Waals surface area contributed by atoms with Crippen molar-refractivity contribution >= 4 is 11.9 Å². The van der Waals surface area contributed by atoms with Gasteiger partial charge in [0, 0.05) is 11.3 Å². The third-order valence-electron chi connectivity index (χ3n) is 3.09. The van der Waals surface area contributed by atoms with Crippen molar-refractivity contribution in [2.45, 2.75) is 13.8 Å². The SMILES string of the molecule is C=CC1C(C)(C)C1(C(=O)O)C(=O)O. The van der Waals surface area contributed by atoms with Crippen LogP contribution in [0, 0.1) is 16.7 Å². The van der Waals surface area contributed by atoms with Gasteiger partial charge in [0.25, 0.3) is 0 Å². The van der Waals surface area contributed by atoms with Crippen molar-refractivity contribution in [3.63, 3.8) is 0 Å². The highest BCUT2D eigenvalue weighted by Gasteiger charge is 2.79. The Morgan fingerprint density at radius 3 is 1.77 bits per heavy atom. The Morgan fingerprint density at radius 1 is 1.31 bits per heavy atom. The number of carboxylic acid groups (broad SMARTS) is 2. The van der Waals surface area contributed by atoms with E-state index in [2.05, 4.69) is 6.58 Å². The molecule has 4 heteroatoms.